The van der Waals surface area contributed by atoms with Gasteiger partial charge in [-0.05, 0) is 31.3 Å². The second kappa shape index (κ2) is 10.5. The molecule has 8 heteroatoms. The van der Waals surface area contributed by atoms with Gasteiger partial charge in [0.1, 0.15) is 18.1 Å². The molecule has 0 aromatic heterocycles. The molecule has 1 aromatic rings. The lowest BCUT2D eigenvalue weighted by molar-refractivity contribution is -0.137. The van der Waals surface area contributed by atoms with E-state index in [0.29, 0.717) is 25.0 Å². The molecule has 1 unspecified atom stereocenters. The molecule has 0 spiro atoms. The van der Waals surface area contributed by atoms with Gasteiger partial charge in [-0.1, -0.05) is 12.1 Å². The van der Waals surface area contributed by atoms with E-state index in [9.17, 15) is 19.8 Å². The molecule has 0 aliphatic carbocycles. The lowest BCUT2D eigenvalue weighted by Crippen LogP contribution is -2.52. The van der Waals surface area contributed by atoms with Crippen LogP contribution < -0.4 is 10.5 Å². The fourth-order valence-corrected chi connectivity index (χ4v) is 2.92. The van der Waals surface area contributed by atoms with Gasteiger partial charge >= 0.3 is 0 Å². The lowest BCUT2D eigenvalue weighted by Gasteiger charge is -2.36. The maximum absolute atomic E-state index is 13.0. The summed E-state index contributed by atoms with van der Waals surface area (Å²) in [5.41, 5.74) is 5.84. The molecule has 2 atom stereocenters. The normalized spacial score (nSPS) is 18.9. The Morgan fingerprint density at radius 2 is 2.29 bits per heavy atom. The molecule has 0 saturated carbocycles. The molecular weight excluding hydrogens is 364 g/mol. The molecule has 1 aliphatic rings. The summed E-state index contributed by atoms with van der Waals surface area (Å²) in [5.74, 6) is -0.169. The van der Waals surface area contributed by atoms with Gasteiger partial charge < -0.3 is 30.3 Å². The van der Waals surface area contributed by atoms with Crippen molar-refractivity contribution in [2.75, 3.05) is 26.4 Å². The van der Waals surface area contributed by atoms with Crippen LogP contribution in [0.25, 0.3) is 0 Å². The Bertz CT molecular complexity index is 744. The fraction of sp³-hybridized carbons (Fsp3) is 0.400. The van der Waals surface area contributed by atoms with Gasteiger partial charge in [0.15, 0.2) is 6.29 Å². The Morgan fingerprint density at radius 1 is 1.50 bits per heavy atom. The number of aliphatic hydroxyl groups excluding tert-OH is 1. The van der Waals surface area contributed by atoms with Gasteiger partial charge in [-0.15, -0.1) is 0 Å². The van der Waals surface area contributed by atoms with E-state index >= 15 is 0 Å². The molecule has 1 aromatic carbocycles. The number of aromatic hydroxyl groups is 1. The summed E-state index contributed by atoms with van der Waals surface area (Å²) < 4.78 is 11.2. The van der Waals surface area contributed by atoms with E-state index in [1.165, 1.54) is 12.3 Å². The predicted molar refractivity (Wildman–Crippen MR) is 103 cm³/mol. The van der Waals surface area contributed by atoms with Crippen molar-refractivity contribution in [3.8, 4) is 11.5 Å². The smallest absolute Gasteiger partial charge is 0.250 e. The van der Waals surface area contributed by atoms with Gasteiger partial charge in [-0.3, -0.25) is 9.59 Å². The van der Waals surface area contributed by atoms with Crippen LogP contribution in [0.1, 0.15) is 23.7 Å². The van der Waals surface area contributed by atoms with E-state index in [1.807, 2.05) is 0 Å². The third-order valence-electron chi connectivity index (χ3n) is 4.28. The highest BCUT2D eigenvalue weighted by Crippen LogP contribution is 2.26. The first-order valence-electron chi connectivity index (χ1n) is 9.02. The Kier molecular flexibility index (Phi) is 8.03. The summed E-state index contributed by atoms with van der Waals surface area (Å²) in [7, 11) is 0. The number of carbonyl (C=O) groups excluding carboxylic acids is 2. The number of carbonyl (C=O) groups is 2. The highest BCUT2D eigenvalue weighted by Gasteiger charge is 2.30. The molecule has 28 heavy (non-hydrogen) atoms. The minimum absolute atomic E-state index is 0.0554. The predicted octanol–water partition coefficient (Wildman–Crippen LogP) is 0.981. The molecule has 152 valence electrons. The van der Waals surface area contributed by atoms with Gasteiger partial charge in [0.2, 0.25) is 5.91 Å². The molecule has 1 amide bonds. The van der Waals surface area contributed by atoms with Crippen LogP contribution in [-0.2, 0) is 9.53 Å². The third-order valence-corrected chi connectivity index (χ3v) is 4.28. The summed E-state index contributed by atoms with van der Waals surface area (Å²) >= 11 is 0. The van der Waals surface area contributed by atoms with Gasteiger partial charge in [0, 0.05) is 18.5 Å². The summed E-state index contributed by atoms with van der Waals surface area (Å²) in [6, 6.07) is 4.15. The Hall–Kier alpha value is -2.84. The number of phenolic OH excluding ortho intramolecular Hbond substituents is 1. The van der Waals surface area contributed by atoms with Crippen molar-refractivity contribution in [2.45, 2.75) is 25.5 Å². The maximum Gasteiger partial charge on any atom is 0.250 e. The summed E-state index contributed by atoms with van der Waals surface area (Å²) in [6.45, 7) is 2.73. The number of ether oxygens (including phenoxy) is 2. The number of phenols is 1. The number of rotatable bonds is 8. The fourth-order valence-electron chi connectivity index (χ4n) is 2.92. The van der Waals surface area contributed by atoms with Crippen molar-refractivity contribution in [1.82, 2.24) is 4.90 Å². The monoisotopic (exact) mass is 390 g/mol. The van der Waals surface area contributed by atoms with Crippen LogP contribution in [-0.4, -0.2) is 65.8 Å². The number of hydrogen-bond donors (Lipinski definition) is 3. The molecule has 2 rings (SSSR count). The van der Waals surface area contributed by atoms with Crippen molar-refractivity contribution in [2.24, 2.45) is 5.73 Å². The molecule has 1 aliphatic heterocycles. The highest BCUT2D eigenvalue weighted by atomic mass is 16.5. The zero-order valence-electron chi connectivity index (χ0n) is 15.8. The van der Waals surface area contributed by atoms with Crippen LogP contribution in [0, 0.1) is 0 Å². The first kappa shape index (κ1) is 21.5. The van der Waals surface area contributed by atoms with E-state index in [1.54, 1.807) is 36.1 Å². The minimum atomic E-state index is -0.681. The standard InChI is InChI=1S/C20H26N2O6/c1-14(24)10-15(4-3-7-21)20(26)22-8-9-27-12-16(22)13-28-19-6-2-5-18(25)17(19)11-23/h2-7,11,14,16,24-25H,8-10,12-13,21H2,1H3/b7-3-,15-4+/t14?,16-/m0/s1. The maximum atomic E-state index is 13.0. The Morgan fingerprint density at radius 3 is 2.96 bits per heavy atom. The van der Waals surface area contributed by atoms with Crippen LogP contribution >= 0.6 is 0 Å². The molecule has 1 heterocycles. The van der Waals surface area contributed by atoms with Crippen LogP contribution in [0.3, 0.4) is 0 Å². The van der Waals surface area contributed by atoms with Crippen LogP contribution in [0.15, 0.2) is 42.1 Å². The minimum Gasteiger partial charge on any atom is -0.507 e. The second-order valence-corrected chi connectivity index (χ2v) is 6.48. The second-order valence-electron chi connectivity index (χ2n) is 6.48. The van der Waals surface area contributed by atoms with Crippen LogP contribution in [0.5, 0.6) is 11.5 Å². The molecule has 1 saturated heterocycles. The van der Waals surface area contributed by atoms with Crippen molar-refractivity contribution in [1.29, 1.82) is 0 Å². The summed E-state index contributed by atoms with van der Waals surface area (Å²) in [4.78, 5) is 25.8. The molecule has 0 radical (unpaired) electrons. The van der Waals surface area contributed by atoms with Crippen molar-refractivity contribution >= 4 is 12.2 Å². The number of aliphatic hydroxyl groups is 1. The zero-order chi connectivity index (χ0) is 20.5. The summed E-state index contributed by atoms with van der Waals surface area (Å²) in [6.07, 6.45) is 4.48. The molecular formula is C20H26N2O6. The molecule has 1 fully saturated rings. The van der Waals surface area contributed by atoms with Gasteiger partial charge in [-0.25, -0.2) is 0 Å². The first-order valence-corrected chi connectivity index (χ1v) is 9.02. The number of allylic oxidation sites excluding steroid dienone is 2. The SMILES string of the molecule is CC(O)C/C(=C\C=C/N)C(=O)N1CCOC[C@H]1COc1cccc(O)c1C=O. The van der Waals surface area contributed by atoms with Crippen LogP contribution in [0.4, 0.5) is 0 Å². The topological polar surface area (TPSA) is 122 Å². The number of nitrogens with zero attached hydrogens (tertiary/aromatic N) is 1. The van der Waals surface area contributed by atoms with Crippen molar-refractivity contribution < 1.29 is 29.3 Å². The first-order chi connectivity index (χ1) is 13.5. The highest BCUT2D eigenvalue weighted by molar-refractivity contribution is 5.94. The van der Waals surface area contributed by atoms with E-state index in [-0.39, 0.29) is 48.6 Å². The average molecular weight is 390 g/mol. The van der Waals surface area contributed by atoms with Gasteiger partial charge in [-0.2, -0.15) is 0 Å². The van der Waals surface area contributed by atoms with E-state index < -0.39 is 6.10 Å². The number of amides is 1. The van der Waals surface area contributed by atoms with E-state index in [2.05, 4.69) is 0 Å². The zero-order valence-corrected chi connectivity index (χ0v) is 15.8. The van der Waals surface area contributed by atoms with Crippen LogP contribution in [0.2, 0.25) is 0 Å². The lowest BCUT2D eigenvalue weighted by atomic mass is 10.1. The summed E-state index contributed by atoms with van der Waals surface area (Å²) in [5, 5.41) is 19.5. The number of morpholine rings is 1. The van der Waals surface area contributed by atoms with E-state index in [4.69, 9.17) is 15.2 Å². The van der Waals surface area contributed by atoms with Gasteiger partial charge in [0.25, 0.3) is 0 Å². The largest absolute Gasteiger partial charge is 0.507 e. The quantitative estimate of drug-likeness (QED) is 0.343. The third kappa shape index (κ3) is 5.58. The number of nitrogens with two attached hydrogens (primary N) is 1. The number of benzene rings is 1. The number of hydrogen-bond acceptors (Lipinski definition) is 7. The van der Waals surface area contributed by atoms with Gasteiger partial charge in [0.05, 0.1) is 30.9 Å². The van der Waals surface area contributed by atoms with E-state index in [0.717, 1.165) is 0 Å². The van der Waals surface area contributed by atoms with Crippen molar-refractivity contribution in [3.05, 3.63) is 47.7 Å². The molecule has 8 nitrogen and oxygen atoms in total. The molecule has 4 N–H and O–H groups in total. The Balaban J connectivity index is 2.16. The van der Waals surface area contributed by atoms with Crippen molar-refractivity contribution in [3.63, 3.8) is 0 Å². The average Bonchev–Trinajstić information content (AvgIpc) is 2.69. The Labute approximate surface area is 163 Å². The number of aldehydes is 1. The molecule has 0 bridgehead atoms.